The van der Waals surface area contributed by atoms with E-state index in [0.29, 0.717) is 11.1 Å². The van der Waals surface area contributed by atoms with Crippen LogP contribution in [0.5, 0.6) is 5.75 Å². The monoisotopic (exact) mass is 314 g/mol. The molecule has 0 spiro atoms. The van der Waals surface area contributed by atoms with Gasteiger partial charge >= 0.3 is 0 Å². The molecule has 0 saturated carbocycles. The Balaban J connectivity index is 0.00000127. The summed E-state index contributed by atoms with van der Waals surface area (Å²) in [5.41, 5.74) is 2.72. The van der Waals surface area contributed by atoms with E-state index in [1.165, 1.54) is 0 Å². The van der Waals surface area contributed by atoms with E-state index >= 15 is 0 Å². The zero-order chi connectivity index (χ0) is 17.6. The van der Waals surface area contributed by atoms with E-state index in [9.17, 15) is 5.11 Å². The lowest BCUT2D eigenvalue weighted by atomic mass is 9.83. The van der Waals surface area contributed by atoms with Crippen LogP contribution < -0.4 is 5.90 Å². The molecule has 0 aromatic heterocycles. The summed E-state index contributed by atoms with van der Waals surface area (Å²) >= 11 is 0. The van der Waals surface area contributed by atoms with E-state index in [1.807, 2.05) is 50.2 Å². The Morgan fingerprint density at radius 3 is 2.13 bits per heavy atom. The summed E-state index contributed by atoms with van der Waals surface area (Å²) in [7, 11) is 0. The number of phenolic OH excluding ortho intramolecular Hbond substituents is 1. The van der Waals surface area contributed by atoms with Crippen LogP contribution >= 0.6 is 0 Å². The second-order valence-electron chi connectivity index (χ2n) is 5.98. The molecule has 23 heavy (non-hydrogen) atoms. The van der Waals surface area contributed by atoms with Gasteiger partial charge in [0.2, 0.25) is 5.90 Å². The number of hydrogen-bond acceptors (Lipinski definition) is 4. The molecule has 2 aromatic rings. The largest absolute Gasteiger partial charge is 0.506 e. The number of benzene rings is 2. The van der Waals surface area contributed by atoms with Gasteiger partial charge in [0.05, 0.1) is 5.56 Å². The van der Waals surface area contributed by atoms with E-state index in [0.717, 1.165) is 11.1 Å². The van der Waals surface area contributed by atoms with Gasteiger partial charge < -0.3 is 9.94 Å². The second kappa shape index (κ2) is 7.79. The minimum atomic E-state index is -0.254. The predicted octanol–water partition coefficient (Wildman–Crippen LogP) is 4.60. The van der Waals surface area contributed by atoms with Crippen molar-refractivity contribution in [2.24, 2.45) is 5.90 Å². The highest BCUT2D eigenvalue weighted by atomic mass is 16.6. The van der Waals surface area contributed by atoms with Gasteiger partial charge in [0.25, 0.3) is 0 Å². The summed E-state index contributed by atoms with van der Waals surface area (Å²) < 4.78 is 0. The minimum Gasteiger partial charge on any atom is -0.506 e. The van der Waals surface area contributed by atoms with Crippen LogP contribution in [0.3, 0.4) is 0 Å². The molecule has 4 nitrogen and oxygen atoms in total. The van der Waals surface area contributed by atoms with Gasteiger partial charge in [-0.1, -0.05) is 65.0 Å². The molecule has 4 N–H and O–H groups in total. The van der Waals surface area contributed by atoms with Crippen LogP contribution in [0.4, 0.5) is 0 Å². The maximum atomic E-state index is 10.5. The summed E-state index contributed by atoms with van der Waals surface area (Å²) in [6.45, 7) is 10.2. The van der Waals surface area contributed by atoms with Gasteiger partial charge in [0.1, 0.15) is 5.75 Å². The minimum absolute atomic E-state index is 0.00431. The third-order valence-electron chi connectivity index (χ3n) is 3.42. The first kappa shape index (κ1) is 18.7. The Labute approximate surface area is 138 Å². The number of phenols is 1. The Bertz CT molecular complexity index is 659. The fraction of sp³-hybridized carbons (Fsp3) is 0.316. The summed E-state index contributed by atoms with van der Waals surface area (Å²) in [5, 5.41) is 18.2. The Kier molecular flexibility index (Phi) is 6.34. The predicted molar refractivity (Wildman–Crippen MR) is 95.7 cm³/mol. The van der Waals surface area contributed by atoms with Gasteiger partial charge in [-0.3, -0.25) is 5.41 Å². The van der Waals surface area contributed by atoms with Crippen molar-refractivity contribution in [3.05, 3.63) is 53.6 Å². The molecule has 0 aliphatic heterocycles. The molecular formula is C19H26N2O2. The van der Waals surface area contributed by atoms with E-state index in [2.05, 4.69) is 25.6 Å². The lowest BCUT2D eigenvalue weighted by molar-refractivity contribution is 0.317. The average molecular weight is 314 g/mol. The first-order valence-electron chi connectivity index (χ1n) is 7.73. The zero-order valence-electron chi connectivity index (χ0n) is 14.5. The third kappa shape index (κ3) is 4.33. The Hall–Kier alpha value is -2.33. The van der Waals surface area contributed by atoms with Crippen LogP contribution in [0.15, 0.2) is 42.5 Å². The molecule has 124 valence electrons. The number of rotatable bonds is 2. The number of nitrogens with one attached hydrogen (secondary N) is 1. The first-order chi connectivity index (χ1) is 10.8. The summed E-state index contributed by atoms with van der Waals surface area (Å²) in [5.74, 6) is 4.84. The number of nitrogens with two attached hydrogens (primary N) is 1. The summed E-state index contributed by atoms with van der Waals surface area (Å²) in [6.07, 6.45) is 0. The molecule has 0 fully saturated rings. The van der Waals surface area contributed by atoms with Crippen molar-refractivity contribution in [1.82, 2.24) is 0 Å². The van der Waals surface area contributed by atoms with Crippen molar-refractivity contribution < 1.29 is 9.94 Å². The summed E-state index contributed by atoms with van der Waals surface area (Å²) in [4.78, 5) is 4.50. The van der Waals surface area contributed by atoms with Gasteiger partial charge in [-0.2, -0.15) is 5.90 Å². The molecule has 2 aromatic carbocycles. The van der Waals surface area contributed by atoms with Crippen LogP contribution in [-0.2, 0) is 10.3 Å². The van der Waals surface area contributed by atoms with Gasteiger partial charge in [-0.15, -0.1) is 0 Å². The third-order valence-corrected chi connectivity index (χ3v) is 3.42. The fourth-order valence-electron chi connectivity index (χ4n) is 2.14. The number of aromatic hydroxyl groups is 1. The molecule has 0 atom stereocenters. The highest BCUT2D eigenvalue weighted by Gasteiger charge is 2.21. The SMILES string of the molecule is CC.CC(C)(C)c1cc(C(=N)ON)c(O)c(-c2ccccc2)c1. The van der Waals surface area contributed by atoms with Crippen molar-refractivity contribution >= 4 is 5.90 Å². The van der Waals surface area contributed by atoms with E-state index in [1.54, 1.807) is 6.07 Å². The molecule has 0 aliphatic carbocycles. The lowest BCUT2D eigenvalue weighted by Crippen LogP contribution is -2.15. The van der Waals surface area contributed by atoms with Gasteiger partial charge in [-0.05, 0) is 28.7 Å². The molecule has 2 rings (SSSR count). The van der Waals surface area contributed by atoms with Crippen LogP contribution in [0.25, 0.3) is 11.1 Å². The Morgan fingerprint density at radius 2 is 1.65 bits per heavy atom. The molecule has 0 heterocycles. The van der Waals surface area contributed by atoms with E-state index < -0.39 is 0 Å². The molecule has 0 radical (unpaired) electrons. The van der Waals surface area contributed by atoms with Crippen molar-refractivity contribution in [2.45, 2.75) is 40.0 Å². The van der Waals surface area contributed by atoms with Gasteiger partial charge in [0.15, 0.2) is 0 Å². The van der Waals surface area contributed by atoms with E-state index in [-0.39, 0.29) is 17.1 Å². The van der Waals surface area contributed by atoms with Gasteiger partial charge in [0, 0.05) is 5.56 Å². The molecule has 0 unspecified atom stereocenters. The highest BCUT2D eigenvalue weighted by Crippen LogP contribution is 2.37. The maximum absolute atomic E-state index is 10.5. The van der Waals surface area contributed by atoms with Gasteiger partial charge in [-0.25, -0.2) is 0 Å². The molecule has 0 saturated heterocycles. The molecule has 0 amide bonds. The van der Waals surface area contributed by atoms with Crippen LogP contribution in [-0.4, -0.2) is 11.0 Å². The smallest absolute Gasteiger partial charge is 0.241 e. The molecular weight excluding hydrogens is 288 g/mol. The molecule has 0 aliphatic rings. The van der Waals surface area contributed by atoms with Crippen molar-refractivity contribution in [3.8, 4) is 16.9 Å². The van der Waals surface area contributed by atoms with E-state index in [4.69, 9.17) is 11.3 Å². The summed E-state index contributed by atoms with van der Waals surface area (Å²) in [6, 6.07) is 13.2. The Morgan fingerprint density at radius 1 is 1.09 bits per heavy atom. The average Bonchev–Trinajstić information content (AvgIpc) is 2.56. The molecule has 4 heteroatoms. The maximum Gasteiger partial charge on any atom is 0.241 e. The molecule has 0 bridgehead atoms. The van der Waals surface area contributed by atoms with Crippen molar-refractivity contribution in [1.29, 1.82) is 5.41 Å². The number of hydrogen-bond donors (Lipinski definition) is 3. The topological polar surface area (TPSA) is 79.3 Å². The standard InChI is InChI=1S/C17H20N2O2.C2H6/c1-17(2,3)12-9-13(11-7-5-4-6-8-11)15(20)14(10-12)16(18)21-19;1-2/h4-10,18,20H,19H2,1-3H3;1-2H3. The van der Waals surface area contributed by atoms with Crippen LogP contribution in [0.1, 0.15) is 45.7 Å². The zero-order valence-corrected chi connectivity index (χ0v) is 14.5. The first-order valence-corrected chi connectivity index (χ1v) is 7.73. The highest BCUT2D eigenvalue weighted by molar-refractivity contribution is 5.97. The van der Waals surface area contributed by atoms with Crippen molar-refractivity contribution in [2.75, 3.05) is 0 Å². The quantitative estimate of drug-likeness (QED) is 0.430. The van der Waals surface area contributed by atoms with Crippen LogP contribution in [0.2, 0.25) is 0 Å². The van der Waals surface area contributed by atoms with Crippen LogP contribution in [0, 0.1) is 5.41 Å². The second-order valence-corrected chi connectivity index (χ2v) is 5.98. The fourth-order valence-corrected chi connectivity index (χ4v) is 2.14. The lowest BCUT2D eigenvalue weighted by Gasteiger charge is -2.22. The normalized spacial score (nSPS) is 10.5. The van der Waals surface area contributed by atoms with Crippen molar-refractivity contribution in [3.63, 3.8) is 0 Å².